The van der Waals surface area contributed by atoms with Crippen LogP contribution >= 0.6 is 11.7 Å². The maximum absolute atomic E-state index is 5.52. The lowest BCUT2D eigenvalue weighted by atomic mass is 10.0. The Morgan fingerprint density at radius 3 is 2.61 bits per heavy atom. The highest BCUT2D eigenvalue weighted by molar-refractivity contribution is 7.00. The molecule has 0 amide bonds. The summed E-state index contributed by atoms with van der Waals surface area (Å²) in [4.78, 5) is 0. The Hall–Kier alpha value is -1.98. The third kappa shape index (κ3) is 2.94. The molecule has 1 heterocycles. The van der Waals surface area contributed by atoms with E-state index in [0.29, 0.717) is 6.61 Å². The van der Waals surface area contributed by atoms with Crippen molar-refractivity contribution in [3.63, 3.8) is 0 Å². The van der Waals surface area contributed by atoms with E-state index in [4.69, 9.17) is 4.74 Å². The average molecular weight is 325 g/mol. The van der Waals surface area contributed by atoms with Crippen LogP contribution in [0.5, 0.6) is 5.75 Å². The van der Waals surface area contributed by atoms with E-state index in [2.05, 4.69) is 50.5 Å². The van der Waals surface area contributed by atoms with Gasteiger partial charge < -0.3 is 10.1 Å². The molecule has 118 valence electrons. The maximum Gasteiger partial charge on any atom is 0.119 e. The van der Waals surface area contributed by atoms with Gasteiger partial charge in [0.05, 0.1) is 18.3 Å². The second-order valence-electron chi connectivity index (χ2n) is 5.98. The fraction of sp³-hybridized carbons (Fsp3) is 0.333. The first-order valence-electron chi connectivity index (χ1n) is 7.99. The number of hydrogen-bond acceptors (Lipinski definition) is 5. The molecule has 5 heteroatoms. The molecule has 0 atom stereocenters. The molecule has 1 aliphatic carbocycles. The SMILES string of the molecule is CCOc1ccc(C2(NCc3ccc4nsnc4c3)CC2)cc1. The molecule has 0 radical (unpaired) electrons. The van der Waals surface area contributed by atoms with Gasteiger partial charge in [-0.2, -0.15) is 8.75 Å². The van der Waals surface area contributed by atoms with Gasteiger partial charge in [-0.15, -0.1) is 0 Å². The summed E-state index contributed by atoms with van der Waals surface area (Å²) in [5.74, 6) is 0.938. The van der Waals surface area contributed by atoms with Crippen LogP contribution in [0.4, 0.5) is 0 Å². The zero-order chi connectivity index (χ0) is 15.7. The molecule has 1 N–H and O–H groups in total. The van der Waals surface area contributed by atoms with Gasteiger partial charge in [0.25, 0.3) is 0 Å². The number of nitrogens with one attached hydrogen (secondary N) is 1. The van der Waals surface area contributed by atoms with Crippen LogP contribution in [-0.4, -0.2) is 15.4 Å². The summed E-state index contributed by atoms with van der Waals surface area (Å²) >= 11 is 1.27. The fourth-order valence-corrected chi connectivity index (χ4v) is 3.46. The molecule has 4 rings (SSSR count). The highest BCUT2D eigenvalue weighted by Gasteiger charge is 2.43. The van der Waals surface area contributed by atoms with Crippen LogP contribution in [0.25, 0.3) is 11.0 Å². The van der Waals surface area contributed by atoms with Gasteiger partial charge in [-0.3, -0.25) is 0 Å². The van der Waals surface area contributed by atoms with E-state index in [1.807, 2.05) is 13.0 Å². The molecule has 0 unspecified atom stereocenters. The van der Waals surface area contributed by atoms with Crippen molar-refractivity contribution in [2.45, 2.75) is 31.8 Å². The Kier molecular flexibility index (Phi) is 3.75. The monoisotopic (exact) mass is 325 g/mol. The second-order valence-corrected chi connectivity index (χ2v) is 6.51. The van der Waals surface area contributed by atoms with Crippen LogP contribution in [0, 0.1) is 0 Å². The van der Waals surface area contributed by atoms with Gasteiger partial charge in [-0.05, 0) is 55.2 Å². The predicted molar refractivity (Wildman–Crippen MR) is 92.8 cm³/mol. The fourth-order valence-electron chi connectivity index (χ4n) is 2.94. The number of rotatable bonds is 6. The van der Waals surface area contributed by atoms with Crippen molar-refractivity contribution in [1.29, 1.82) is 0 Å². The molecule has 1 aliphatic rings. The standard InChI is InChI=1S/C18H19N3OS/c1-2-22-15-6-4-14(5-7-15)18(9-10-18)19-12-13-3-8-16-17(11-13)21-23-20-16/h3-8,11,19H,2,9-10,12H2,1H3. The van der Waals surface area contributed by atoms with Crippen molar-refractivity contribution >= 4 is 22.8 Å². The number of aromatic nitrogens is 2. The van der Waals surface area contributed by atoms with E-state index in [-0.39, 0.29) is 5.54 Å². The van der Waals surface area contributed by atoms with Crippen molar-refractivity contribution in [2.75, 3.05) is 6.61 Å². The first kappa shape index (κ1) is 14.6. The Morgan fingerprint density at radius 1 is 1.09 bits per heavy atom. The van der Waals surface area contributed by atoms with Crippen LogP contribution in [0.1, 0.15) is 30.9 Å². The van der Waals surface area contributed by atoms with E-state index in [1.54, 1.807) is 0 Å². The van der Waals surface area contributed by atoms with E-state index in [1.165, 1.54) is 35.7 Å². The smallest absolute Gasteiger partial charge is 0.119 e. The van der Waals surface area contributed by atoms with Gasteiger partial charge in [0.2, 0.25) is 0 Å². The topological polar surface area (TPSA) is 47.0 Å². The molecular weight excluding hydrogens is 306 g/mol. The first-order valence-corrected chi connectivity index (χ1v) is 8.72. The minimum Gasteiger partial charge on any atom is -0.494 e. The number of fused-ring (bicyclic) bond motifs is 1. The zero-order valence-corrected chi connectivity index (χ0v) is 13.9. The number of ether oxygens (including phenoxy) is 1. The molecule has 2 aromatic carbocycles. The summed E-state index contributed by atoms with van der Waals surface area (Å²) in [5, 5.41) is 3.73. The highest BCUT2D eigenvalue weighted by Crippen LogP contribution is 2.46. The third-order valence-electron chi connectivity index (χ3n) is 4.42. The molecule has 0 bridgehead atoms. The highest BCUT2D eigenvalue weighted by atomic mass is 32.1. The summed E-state index contributed by atoms with van der Waals surface area (Å²) in [6.07, 6.45) is 2.36. The summed E-state index contributed by atoms with van der Waals surface area (Å²) in [7, 11) is 0. The van der Waals surface area contributed by atoms with Crippen LogP contribution in [0.15, 0.2) is 42.5 Å². The van der Waals surface area contributed by atoms with Gasteiger partial charge in [-0.1, -0.05) is 18.2 Å². The lowest BCUT2D eigenvalue weighted by Crippen LogP contribution is -2.28. The van der Waals surface area contributed by atoms with Gasteiger partial charge in [0, 0.05) is 12.1 Å². The van der Waals surface area contributed by atoms with Crippen molar-refractivity contribution in [1.82, 2.24) is 14.1 Å². The van der Waals surface area contributed by atoms with E-state index in [9.17, 15) is 0 Å². The minimum atomic E-state index is 0.125. The second kappa shape index (κ2) is 5.91. The minimum absolute atomic E-state index is 0.125. The van der Waals surface area contributed by atoms with Crippen LogP contribution in [0.2, 0.25) is 0 Å². The van der Waals surface area contributed by atoms with Crippen LogP contribution in [-0.2, 0) is 12.1 Å². The van der Waals surface area contributed by atoms with E-state index < -0.39 is 0 Å². The van der Waals surface area contributed by atoms with Crippen molar-refractivity contribution in [3.8, 4) is 5.75 Å². The van der Waals surface area contributed by atoms with Crippen molar-refractivity contribution in [3.05, 3.63) is 53.6 Å². The van der Waals surface area contributed by atoms with Gasteiger partial charge in [-0.25, -0.2) is 0 Å². The summed E-state index contributed by atoms with van der Waals surface area (Å²) in [5.41, 5.74) is 4.69. The largest absolute Gasteiger partial charge is 0.494 e. The predicted octanol–water partition coefficient (Wildman–Crippen LogP) is 3.87. The Labute approximate surface area is 139 Å². The Balaban J connectivity index is 1.46. The van der Waals surface area contributed by atoms with Crippen LogP contribution < -0.4 is 10.1 Å². The lowest BCUT2D eigenvalue weighted by Gasteiger charge is -2.18. The summed E-state index contributed by atoms with van der Waals surface area (Å²) in [6, 6.07) is 14.8. The molecule has 3 aromatic rings. The molecule has 0 aliphatic heterocycles. The van der Waals surface area contributed by atoms with Crippen molar-refractivity contribution in [2.24, 2.45) is 0 Å². The molecule has 1 saturated carbocycles. The first-order chi connectivity index (χ1) is 11.3. The molecule has 4 nitrogen and oxygen atoms in total. The maximum atomic E-state index is 5.52. The molecular formula is C18H19N3OS. The summed E-state index contributed by atoms with van der Waals surface area (Å²) < 4.78 is 14.1. The van der Waals surface area contributed by atoms with Gasteiger partial charge in [0.15, 0.2) is 0 Å². The Bertz CT molecular complexity index is 809. The van der Waals surface area contributed by atoms with Gasteiger partial charge in [0.1, 0.15) is 16.8 Å². The molecule has 1 fully saturated rings. The molecule has 0 spiro atoms. The normalized spacial score (nSPS) is 15.7. The van der Waals surface area contributed by atoms with Crippen molar-refractivity contribution < 1.29 is 4.74 Å². The molecule has 0 saturated heterocycles. The summed E-state index contributed by atoms with van der Waals surface area (Å²) in [6.45, 7) is 3.56. The number of hydrogen-bond donors (Lipinski definition) is 1. The quantitative estimate of drug-likeness (QED) is 0.747. The average Bonchev–Trinajstić information content (AvgIpc) is 3.23. The molecule has 1 aromatic heterocycles. The van der Waals surface area contributed by atoms with E-state index in [0.717, 1.165) is 23.3 Å². The third-order valence-corrected chi connectivity index (χ3v) is 4.97. The zero-order valence-electron chi connectivity index (χ0n) is 13.1. The van der Waals surface area contributed by atoms with Crippen LogP contribution in [0.3, 0.4) is 0 Å². The Morgan fingerprint density at radius 2 is 1.87 bits per heavy atom. The number of benzene rings is 2. The van der Waals surface area contributed by atoms with E-state index >= 15 is 0 Å². The van der Waals surface area contributed by atoms with Gasteiger partial charge >= 0.3 is 0 Å². The number of nitrogens with zero attached hydrogens (tertiary/aromatic N) is 2. The molecule has 23 heavy (non-hydrogen) atoms. The lowest BCUT2D eigenvalue weighted by molar-refractivity contribution is 0.340.